The molecule has 8 heteroatoms. The molecule has 8 nitrogen and oxygen atoms in total. The van der Waals surface area contributed by atoms with Crippen molar-refractivity contribution in [1.29, 1.82) is 0 Å². The van der Waals surface area contributed by atoms with Crippen molar-refractivity contribution in [3.8, 4) is 5.75 Å². The number of carboxylic acid groups (broad SMARTS) is 1. The molecule has 3 N–H and O–H groups in total. The largest absolute Gasteiger partial charge is 0.481 e. The Morgan fingerprint density at radius 2 is 2.08 bits per heavy atom. The van der Waals surface area contributed by atoms with E-state index in [0.717, 1.165) is 25.9 Å². The van der Waals surface area contributed by atoms with Gasteiger partial charge in [-0.2, -0.15) is 0 Å². The number of carbonyl (C=O) groups is 3. The van der Waals surface area contributed by atoms with E-state index in [2.05, 4.69) is 15.5 Å². The van der Waals surface area contributed by atoms with Gasteiger partial charge in [-0.25, -0.2) is 0 Å². The summed E-state index contributed by atoms with van der Waals surface area (Å²) >= 11 is 0. The molecule has 134 valence electrons. The fourth-order valence-electron chi connectivity index (χ4n) is 3.04. The molecule has 0 aromatic heterocycles. The number of carboxylic acids is 1. The summed E-state index contributed by atoms with van der Waals surface area (Å²) < 4.78 is 5.43. The van der Waals surface area contributed by atoms with Crippen molar-refractivity contribution in [1.82, 2.24) is 4.90 Å². The van der Waals surface area contributed by atoms with Gasteiger partial charge in [0.2, 0.25) is 5.91 Å². The Morgan fingerprint density at radius 3 is 2.76 bits per heavy atom. The Labute approximate surface area is 145 Å². The Balaban J connectivity index is 1.66. The number of rotatable bonds is 4. The molecule has 0 bridgehead atoms. The van der Waals surface area contributed by atoms with E-state index in [0.29, 0.717) is 17.1 Å². The second kappa shape index (κ2) is 7.10. The molecule has 0 aliphatic carbocycles. The molecule has 2 amide bonds. The molecular weight excluding hydrogens is 326 g/mol. The van der Waals surface area contributed by atoms with Gasteiger partial charge in [-0.05, 0) is 51.2 Å². The maximum Gasteiger partial charge on any atom is 0.307 e. The third kappa shape index (κ3) is 4.08. The second-order valence-corrected chi connectivity index (χ2v) is 6.47. The van der Waals surface area contributed by atoms with Gasteiger partial charge < -0.3 is 25.4 Å². The molecule has 0 saturated carbocycles. The normalized spacial score (nSPS) is 21.0. The SMILES string of the molecule is CN1CCC(C(=O)Nc2ccc3c(c2)NC(=O)C(CC(=O)O)O3)CC1. The highest BCUT2D eigenvalue weighted by Crippen LogP contribution is 2.33. The lowest BCUT2D eigenvalue weighted by atomic mass is 9.96. The molecule has 0 spiro atoms. The Bertz CT molecular complexity index is 698. The van der Waals surface area contributed by atoms with E-state index in [9.17, 15) is 14.4 Å². The number of aliphatic carboxylic acids is 1. The van der Waals surface area contributed by atoms with Gasteiger partial charge in [0.25, 0.3) is 5.91 Å². The van der Waals surface area contributed by atoms with Gasteiger partial charge in [-0.15, -0.1) is 0 Å². The van der Waals surface area contributed by atoms with Crippen LogP contribution in [0.25, 0.3) is 0 Å². The summed E-state index contributed by atoms with van der Waals surface area (Å²) in [6, 6.07) is 4.92. The van der Waals surface area contributed by atoms with Crippen LogP contribution in [0.3, 0.4) is 0 Å². The van der Waals surface area contributed by atoms with Crippen LogP contribution in [0.4, 0.5) is 11.4 Å². The van der Waals surface area contributed by atoms with E-state index in [1.54, 1.807) is 18.2 Å². The zero-order chi connectivity index (χ0) is 18.0. The summed E-state index contributed by atoms with van der Waals surface area (Å²) in [6.45, 7) is 1.80. The minimum Gasteiger partial charge on any atom is -0.481 e. The van der Waals surface area contributed by atoms with E-state index in [1.807, 2.05) is 7.05 Å². The first-order valence-electron chi connectivity index (χ1n) is 8.25. The highest BCUT2D eigenvalue weighted by molar-refractivity contribution is 6.00. The number of nitrogens with zero attached hydrogens (tertiary/aromatic N) is 1. The van der Waals surface area contributed by atoms with Gasteiger partial charge >= 0.3 is 5.97 Å². The van der Waals surface area contributed by atoms with Crippen LogP contribution in [-0.2, 0) is 14.4 Å². The number of nitrogens with one attached hydrogen (secondary N) is 2. The molecule has 1 fully saturated rings. The van der Waals surface area contributed by atoms with E-state index in [1.165, 1.54) is 0 Å². The summed E-state index contributed by atoms with van der Waals surface area (Å²) in [7, 11) is 2.04. The van der Waals surface area contributed by atoms with Crippen LogP contribution in [0.15, 0.2) is 18.2 Å². The lowest BCUT2D eigenvalue weighted by Gasteiger charge is -2.28. The average Bonchev–Trinajstić information content (AvgIpc) is 2.56. The van der Waals surface area contributed by atoms with Crippen LogP contribution in [0.2, 0.25) is 0 Å². The van der Waals surface area contributed by atoms with Crippen molar-refractivity contribution in [2.45, 2.75) is 25.4 Å². The summed E-state index contributed by atoms with van der Waals surface area (Å²) in [6.07, 6.45) is 0.193. The second-order valence-electron chi connectivity index (χ2n) is 6.47. The number of benzene rings is 1. The highest BCUT2D eigenvalue weighted by Gasteiger charge is 2.30. The van der Waals surface area contributed by atoms with Gasteiger partial charge in [0.15, 0.2) is 6.10 Å². The van der Waals surface area contributed by atoms with Crippen molar-refractivity contribution in [3.63, 3.8) is 0 Å². The molecule has 1 saturated heterocycles. The molecule has 1 aromatic carbocycles. The van der Waals surface area contributed by atoms with Gasteiger partial charge in [-0.1, -0.05) is 0 Å². The van der Waals surface area contributed by atoms with E-state index < -0.39 is 24.4 Å². The van der Waals surface area contributed by atoms with Crippen LogP contribution in [0, 0.1) is 5.92 Å². The summed E-state index contributed by atoms with van der Waals surface area (Å²) in [4.78, 5) is 37.2. The first-order valence-corrected chi connectivity index (χ1v) is 8.25. The van der Waals surface area contributed by atoms with E-state index in [-0.39, 0.29) is 11.8 Å². The third-order valence-electron chi connectivity index (χ3n) is 4.52. The predicted molar refractivity (Wildman–Crippen MR) is 90.6 cm³/mol. The van der Waals surface area contributed by atoms with Gasteiger partial charge in [0.05, 0.1) is 12.1 Å². The molecule has 2 aliphatic rings. The van der Waals surface area contributed by atoms with E-state index in [4.69, 9.17) is 9.84 Å². The molecular formula is C17H21N3O5. The highest BCUT2D eigenvalue weighted by atomic mass is 16.5. The number of piperidine rings is 1. The van der Waals surface area contributed by atoms with Crippen LogP contribution < -0.4 is 15.4 Å². The number of likely N-dealkylation sites (tertiary alicyclic amines) is 1. The number of hydrogen-bond acceptors (Lipinski definition) is 5. The molecule has 1 unspecified atom stereocenters. The molecule has 3 rings (SSSR count). The Morgan fingerprint density at radius 1 is 1.36 bits per heavy atom. The predicted octanol–water partition coefficient (Wildman–Crippen LogP) is 1.14. The number of hydrogen-bond donors (Lipinski definition) is 3. The molecule has 1 aromatic rings. The topological polar surface area (TPSA) is 108 Å². The number of ether oxygens (including phenoxy) is 1. The van der Waals surface area contributed by atoms with Crippen LogP contribution in [0.1, 0.15) is 19.3 Å². The van der Waals surface area contributed by atoms with Crippen LogP contribution >= 0.6 is 0 Å². The van der Waals surface area contributed by atoms with Gasteiger partial charge in [-0.3, -0.25) is 14.4 Å². The molecule has 0 radical (unpaired) electrons. The maximum atomic E-state index is 12.4. The van der Waals surface area contributed by atoms with Crippen molar-refractivity contribution in [3.05, 3.63) is 18.2 Å². The average molecular weight is 347 g/mol. The quantitative estimate of drug-likeness (QED) is 0.754. The molecule has 1 atom stereocenters. The van der Waals surface area contributed by atoms with Gasteiger partial charge in [0, 0.05) is 11.6 Å². The third-order valence-corrected chi connectivity index (χ3v) is 4.52. The summed E-state index contributed by atoms with van der Waals surface area (Å²) in [5, 5.41) is 14.3. The van der Waals surface area contributed by atoms with Crippen molar-refractivity contribution < 1.29 is 24.2 Å². The minimum absolute atomic E-state index is 0.0157. The molecule has 2 heterocycles. The smallest absolute Gasteiger partial charge is 0.307 e. The standard InChI is InChI=1S/C17H21N3O5/c1-20-6-4-10(5-7-20)16(23)18-11-2-3-13-12(8-11)19-17(24)14(25-13)9-15(21)22/h2-3,8,10,14H,4-7,9H2,1H3,(H,18,23)(H,19,24)(H,21,22). The van der Waals surface area contributed by atoms with Gasteiger partial charge in [0.1, 0.15) is 5.75 Å². The number of anilines is 2. The first kappa shape index (κ1) is 17.2. The lowest BCUT2D eigenvalue weighted by Crippen LogP contribution is -2.38. The summed E-state index contributed by atoms with van der Waals surface area (Å²) in [5.74, 6) is -1.26. The fraction of sp³-hybridized carbons (Fsp3) is 0.471. The molecule has 25 heavy (non-hydrogen) atoms. The zero-order valence-electron chi connectivity index (χ0n) is 13.9. The zero-order valence-corrected chi connectivity index (χ0v) is 13.9. The van der Waals surface area contributed by atoms with E-state index >= 15 is 0 Å². The minimum atomic E-state index is -1.11. The van der Waals surface area contributed by atoms with Crippen LogP contribution in [-0.4, -0.2) is 54.0 Å². The maximum absolute atomic E-state index is 12.4. The summed E-state index contributed by atoms with van der Waals surface area (Å²) in [5.41, 5.74) is 0.996. The first-order chi connectivity index (χ1) is 11.9. The Kier molecular flexibility index (Phi) is 4.89. The monoisotopic (exact) mass is 347 g/mol. The number of carbonyl (C=O) groups excluding carboxylic acids is 2. The fourth-order valence-corrected chi connectivity index (χ4v) is 3.04. The number of amides is 2. The lowest BCUT2D eigenvalue weighted by molar-refractivity contribution is -0.142. The molecule has 2 aliphatic heterocycles. The van der Waals surface area contributed by atoms with Crippen LogP contribution in [0.5, 0.6) is 5.75 Å². The van der Waals surface area contributed by atoms with Crippen molar-refractivity contribution in [2.75, 3.05) is 30.8 Å². The van der Waals surface area contributed by atoms with Crippen molar-refractivity contribution >= 4 is 29.2 Å². The van der Waals surface area contributed by atoms with Crippen molar-refractivity contribution in [2.24, 2.45) is 5.92 Å². The Hall–Kier alpha value is -2.61. The number of fused-ring (bicyclic) bond motifs is 1.